The second kappa shape index (κ2) is 8.25. The van der Waals surface area contributed by atoms with Crippen molar-refractivity contribution in [2.45, 2.75) is 64.8 Å². The summed E-state index contributed by atoms with van der Waals surface area (Å²) in [7, 11) is 0. The van der Waals surface area contributed by atoms with Crippen LogP contribution in [0.4, 0.5) is 4.39 Å². The van der Waals surface area contributed by atoms with E-state index in [9.17, 15) is 4.39 Å². The Bertz CT molecular complexity index is 329. The smallest absolute Gasteiger partial charge is 0.123 e. The van der Waals surface area contributed by atoms with Crippen LogP contribution in [-0.4, -0.2) is 0 Å². The minimum atomic E-state index is -0.177. The molecule has 0 saturated heterocycles. The Balaban J connectivity index is 2.29. The first-order valence-electron chi connectivity index (χ1n) is 7.16. The van der Waals surface area contributed by atoms with E-state index in [0.29, 0.717) is 0 Å². The number of nitrogens with two attached hydrogens (primary N) is 1. The van der Waals surface area contributed by atoms with Gasteiger partial charge in [-0.25, -0.2) is 4.39 Å². The largest absolute Gasteiger partial charge is 0.324 e. The van der Waals surface area contributed by atoms with Gasteiger partial charge < -0.3 is 5.73 Å². The van der Waals surface area contributed by atoms with Crippen molar-refractivity contribution in [2.75, 3.05) is 0 Å². The molecule has 0 aliphatic heterocycles. The highest BCUT2D eigenvalue weighted by molar-refractivity contribution is 5.25. The molecule has 0 bridgehead atoms. The first-order valence-corrected chi connectivity index (χ1v) is 7.16. The summed E-state index contributed by atoms with van der Waals surface area (Å²) in [5.41, 5.74) is 7.99. The van der Waals surface area contributed by atoms with Crippen molar-refractivity contribution in [3.05, 3.63) is 35.1 Å². The van der Waals surface area contributed by atoms with E-state index in [1.807, 2.05) is 13.0 Å². The van der Waals surface area contributed by atoms with Crippen LogP contribution >= 0.6 is 0 Å². The molecule has 0 spiro atoms. The third-order valence-corrected chi connectivity index (χ3v) is 3.36. The van der Waals surface area contributed by atoms with Gasteiger partial charge >= 0.3 is 0 Å². The molecule has 1 aromatic carbocycles. The Labute approximate surface area is 111 Å². The summed E-state index contributed by atoms with van der Waals surface area (Å²) < 4.78 is 13.3. The number of aryl methyl sites for hydroxylation is 1. The molecule has 0 aliphatic rings. The van der Waals surface area contributed by atoms with Crippen LogP contribution in [0.2, 0.25) is 0 Å². The Hall–Kier alpha value is -0.890. The van der Waals surface area contributed by atoms with E-state index in [4.69, 9.17) is 5.73 Å². The molecule has 0 radical (unpaired) electrons. The normalized spacial score (nSPS) is 12.7. The second-order valence-electron chi connectivity index (χ2n) is 5.22. The molecule has 1 aromatic rings. The predicted molar refractivity (Wildman–Crippen MR) is 76.1 cm³/mol. The number of hydrogen-bond donors (Lipinski definition) is 1. The summed E-state index contributed by atoms with van der Waals surface area (Å²) in [6.07, 6.45) is 8.56. The maximum atomic E-state index is 13.3. The maximum absolute atomic E-state index is 13.3. The molecule has 0 aliphatic carbocycles. The van der Waals surface area contributed by atoms with Crippen molar-refractivity contribution in [1.29, 1.82) is 0 Å². The van der Waals surface area contributed by atoms with Gasteiger partial charge in [0, 0.05) is 6.04 Å². The SMILES string of the molecule is CCCCCCCCC(N)c1cc(C)cc(F)c1. The summed E-state index contributed by atoms with van der Waals surface area (Å²) in [5.74, 6) is -0.177. The first-order chi connectivity index (χ1) is 8.63. The lowest BCUT2D eigenvalue weighted by Gasteiger charge is -2.13. The molecule has 0 amide bonds. The minimum Gasteiger partial charge on any atom is -0.324 e. The van der Waals surface area contributed by atoms with Crippen molar-refractivity contribution >= 4 is 0 Å². The average Bonchev–Trinajstić information content (AvgIpc) is 2.32. The van der Waals surface area contributed by atoms with Crippen LogP contribution in [0.5, 0.6) is 0 Å². The summed E-state index contributed by atoms with van der Waals surface area (Å²) in [4.78, 5) is 0. The highest BCUT2D eigenvalue weighted by Crippen LogP contribution is 2.20. The fourth-order valence-electron chi connectivity index (χ4n) is 2.29. The Morgan fingerprint density at radius 3 is 2.39 bits per heavy atom. The zero-order valence-electron chi connectivity index (χ0n) is 11.7. The van der Waals surface area contributed by atoms with E-state index < -0.39 is 0 Å². The van der Waals surface area contributed by atoms with Crippen LogP contribution in [0, 0.1) is 12.7 Å². The Kier molecular flexibility index (Phi) is 6.96. The van der Waals surface area contributed by atoms with E-state index in [1.165, 1.54) is 32.1 Å². The molecule has 2 heteroatoms. The molecule has 1 rings (SSSR count). The molecular weight excluding hydrogens is 225 g/mol. The number of benzene rings is 1. The number of halogens is 1. The van der Waals surface area contributed by atoms with Crippen molar-refractivity contribution in [1.82, 2.24) is 0 Å². The molecule has 1 atom stereocenters. The molecule has 0 heterocycles. The van der Waals surface area contributed by atoms with Crippen molar-refractivity contribution in [3.8, 4) is 0 Å². The summed E-state index contributed by atoms with van der Waals surface area (Å²) in [6.45, 7) is 4.13. The summed E-state index contributed by atoms with van der Waals surface area (Å²) >= 11 is 0. The lowest BCUT2D eigenvalue weighted by atomic mass is 9.99. The zero-order valence-corrected chi connectivity index (χ0v) is 11.7. The van der Waals surface area contributed by atoms with Crippen LogP contribution in [0.1, 0.15) is 69.0 Å². The van der Waals surface area contributed by atoms with E-state index in [0.717, 1.165) is 24.0 Å². The third kappa shape index (κ3) is 5.63. The van der Waals surface area contributed by atoms with E-state index >= 15 is 0 Å². The van der Waals surface area contributed by atoms with Gasteiger partial charge in [-0.2, -0.15) is 0 Å². The van der Waals surface area contributed by atoms with E-state index in [1.54, 1.807) is 12.1 Å². The Morgan fingerprint density at radius 1 is 1.06 bits per heavy atom. The van der Waals surface area contributed by atoms with Crippen LogP contribution in [-0.2, 0) is 0 Å². The lowest BCUT2D eigenvalue weighted by molar-refractivity contribution is 0.543. The molecule has 0 saturated carbocycles. The molecule has 2 N–H and O–H groups in total. The van der Waals surface area contributed by atoms with Crippen LogP contribution in [0.15, 0.2) is 18.2 Å². The standard InChI is InChI=1S/C16H26FN/c1-3-4-5-6-7-8-9-16(18)14-10-13(2)11-15(17)12-14/h10-12,16H,3-9,18H2,1-2H3. The van der Waals surface area contributed by atoms with Crippen molar-refractivity contribution in [2.24, 2.45) is 5.73 Å². The number of hydrogen-bond acceptors (Lipinski definition) is 1. The summed E-state index contributed by atoms with van der Waals surface area (Å²) in [5, 5.41) is 0. The number of rotatable bonds is 8. The lowest BCUT2D eigenvalue weighted by Crippen LogP contribution is -2.10. The Morgan fingerprint density at radius 2 is 1.72 bits per heavy atom. The molecular formula is C16H26FN. The summed E-state index contributed by atoms with van der Waals surface area (Å²) in [6, 6.07) is 5.08. The van der Waals surface area contributed by atoms with Crippen LogP contribution < -0.4 is 5.73 Å². The van der Waals surface area contributed by atoms with Crippen molar-refractivity contribution in [3.63, 3.8) is 0 Å². The topological polar surface area (TPSA) is 26.0 Å². The fraction of sp³-hybridized carbons (Fsp3) is 0.625. The van der Waals surface area contributed by atoms with Gasteiger partial charge in [0.15, 0.2) is 0 Å². The molecule has 0 aromatic heterocycles. The van der Waals surface area contributed by atoms with Crippen molar-refractivity contribution < 1.29 is 4.39 Å². The average molecular weight is 251 g/mol. The van der Waals surface area contributed by atoms with Gasteiger partial charge in [-0.3, -0.25) is 0 Å². The molecule has 1 unspecified atom stereocenters. The van der Waals surface area contributed by atoms with E-state index in [-0.39, 0.29) is 11.9 Å². The zero-order chi connectivity index (χ0) is 13.4. The molecule has 18 heavy (non-hydrogen) atoms. The van der Waals surface area contributed by atoms with Crippen LogP contribution in [0.3, 0.4) is 0 Å². The predicted octanol–water partition coefficient (Wildman–Crippen LogP) is 4.88. The highest BCUT2D eigenvalue weighted by atomic mass is 19.1. The van der Waals surface area contributed by atoms with Crippen LogP contribution in [0.25, 0.3) is 0 Å². The molecule has 102 valence electrons. The fourth-order valence-corrected chi connectivity index (χ4v) is 2.29. The van der Waals surface area contributed by atoms with Gasteiger partial charge in [0.05, 0.1) is 0 Å². The molecule has 0 fully saturated rings. The first kappa shape index (κ1) is 15.2. The monoisotopic (exact) mass is 251 g/mol. The molecule has 1 nitrogen and oxygen atoms in total. The van der Waals surface area contributed by atoms with Gasteiger partial charge in [-0.1, -0.05) is 51.5 Å². The van der Waals surface area contributed by atoms with Gasteiger partial charge in [-0.05, 0) is 36.6 Å². The van der Waals surface area contributed by atoms with Gasteiger partial charge in [0.25, 0.3) is 0 Å². The van der Waals surface area contributed by atoms with Gasteiger partial charge in [-0.15, -0.1) is 0 Å². The van der Waals surface area contributed by atoms with Gasteiger partial charge in [0.2, 0.25) is 0 Å². The van der Waals surface area contributed by atoms with Gasteiger partial charge in [0.1, 0.15) is 5.82 Å². The maximum Gasteiger partial charge on any atom is 0.123 e. The van der Waals surface area contributed by atoms with E-state index in [2.05, 4.69) is 6.92 Å². The quantitative estimate of drug-likeness (QED) is 0.654. The third-order valence-electron chi connectivity index (χ3n) is 3.36. The number of unbranched alkanes of at least 4 members (excludes halogenated alkanes) is 5. The second-order valence-corrected chi connectivity index (χ2v) is 5.22. The highest BCUT2D eigenvalue weighted by Gasteiger charge is 2.07. The minimum absolute atomic E-state index is 0.0226.